The second-order valence-electron chi connectivity index (χ2n) is 10.2. The molecule has 0 aliphatic carbocycles. The first-order valence-electron chi connectivity index (χ1n) is 13.1. The van der Waals surface area contributed by atoms with Gasteiger partial charge in [-0.2, -0.15) is 0 Å². The average Bonchev–Trinajstić information content (AvgIpc) is 3.37. The molecular weight excluding hydrogens is 508 g/mol. The van der Waals surface area contributed by atoms with Gasteiger partial charge in [-0.05, 0) is 40.8 Å². The molecule has 194 valence electrons. The van der Waals surface area contributed by atoms with Crippen molar-refractivity contribution in [2.24, 2.45) is 5.92 Å². The summed E-state index contributed by atoms with van der Waals surface area (Å²) in [5, 5.41) is 0.497. The Hall–Kier alpha value is -4.22. The van der Waals surface area contributed by atoms with Crippen molar-refractivity contribution >= 4 is 35.0 Å². The van der Waals surface area contributed by atoms with E-state index in [4.69, 9.17) is 11.6 Å². The SMILES string of the molecule is O=C1C[C@H]([C@]2(Cc3ccccc3)C(=O)N(Cc3ccccc3)c3ccccc32)C(=O)N1Cc1ccccc1Cl. The number of hydrogen-bond donors (Lipinski definition) is 0. The zero-order valence-corrected chi connectivity index (χ0v) is 22.1. The summed E-state index contributed by atoms with van der Waals surface area (Å²) in [5.41, 5.74) is 2.99. The van der Waals surface area contributed by atoms with Crippen LogP contribution >= 0.6 is 11.6 Å². The zero-order chi connectivity index (χ0) is 27.0. The zero-order valence-electron chi connectivity index (χ0n) is 21.3. The molecule has 0 aromatic heterocycles. The van der Waals surface area contributed by atoms with E-state index in [1.54, 1.807) is 11.0 Å². The Morgan fingerprint density at radius 2 is 1.31 bits per heavy atom. The predicted octanol–water partition coefficient (Wildman–Crippen LogP) is 5.94. The van der Waals surface area contributed by atoms with Crippen LogP contribution in [-0.2, 0) is 39.3 Å². The summed E-state index contributed by atoms with van der Waals surface area (Å²) in [6.07, 6.45) is 0.286. The lowest BCUT2D eigenvalue weighted by Crippen LogP contribution is -2.49. The van der Waals surface area contributed by atoms with Gasteiger partial charge < -0.3 is 4.90 Å². The molecule has 2 atom stereocenters. The highest BCUT2D eigenvalue weighted by atomic mass is 35.5. The van der Waals surface area contributed by atoms with E-state index in [2.05, 4.69) is 0 Å². The van der Waals surface area contributed by atoms with Crippen LogP contribution in [0.5, 0.6) is 0 Å². The van der Waals surface area contributed by atoms with Gasteiger partial charge in [-0.25, -0.2) is 0 Å². The number of anilines is 1. The van der Waals surface area contributed by atoms with Gasteiger partial charge in [-0.1, -0.05) is 109 Å². The van der Waals surface area contributed by atoms with Crippen LogP contribution in [0.2, 0.25) is 5.02 Å². The van der Waals surface area contributed by atoms with Gasteiger partial charge in [0.15, 0.2) is 0 Å². The van der Waals surface area contributed by atoms with Gasteiger partial charge in [0.1, 0.15) is 0 Å². The predicted molar refractivity (Wildman–Crippen MR) is 151 cm³/mol. The van der Waals surface area contributed by atoms with E-state index in [1.165, 1.54) is 4.90 Å². The van der Waals surface area contributed by atoms with Crippen LogP contribution in [-0.4, -0.2) is 22.6 Å². The van der Waals surface area contributed by atoms with E-state index < -0.39 is 11.3 Å². The number of hydrogen-bond acceptors (Lipinski definition) is 3. The van der Waals surface area contributed by atoms with Gasteiger partial charge in [0.25, 0.3) is 0 Å². The number of carbonyl (C=O) groups excluding carboxylic acids is 3. The summed E-state index contributed by atoms with van der Waals surface area (Å²) in [7, 11) is 0. The van der Waals surface area contributed by atoms with E-state index in [-0.39, 0.29) is 30.7 Å². The minimum Gasteiger partial charge on any atom is -0.307 e. The Morgan fingerprint density at radius 1 is 0.692 bits per heavy atom. The highest BCUT2D eigenvalue weighted by molar-refractivity contribution is 6.31. The lowest BCUT2D eigenvalue weighted by Gasteiger charge is -2.33. The Labute approximate surface area is 232 Å². The summed E-state index contributed by atoms with van der Waals surface area (Å²) < 4.78 is 0. The van der Waals surface area contributed by atoms with E-state index in [0.717, 1.165) is 22.4 Å². The Morgan fingerprint density at radius 3 is 2.03 bits per heavy atom. The van der Waals surface area contributed by atoms with Crippen molar-refractivity contribution in [1.82, 2.24) is 4.90 Å². The van der Waals surface area contributed by atoms with Crippen LogP contribution in [0.4, 0.5) is 5.69 Å². The Bertz CT molecular complexity index is 1560. The van der Waals surface area contributed by atoms with Crippen LogP contribution in [0, 0.1) is 5.92 Å². The van der Waals surface area contributed by atoms with Gasteiger partial charge in [0, 0.05) is 17.1 Å². The van der Waals surface area contributed by atoms with Crippen LogP contribution in [0.3, 0.4) is 0 Å². The number of benzene rings is 4. The van der Waals surface area contributed by atoms with Gasteiger partial charge in [-0.15, -0.1) is 0 Å². The third-order valence-corrected chi connectivity index (χ3v) is 8.31. The highest BCUT2D eigenvalue weighted by Gasteiger charge is 2.61. The Balaban J connectivity index is 1.45. The van der Waals surface area contributed by atoms with Crippen molar-refractivity contribution in [3.8, 4) is 0 Å². The molecule has 0 radical (unpaired) electrons. The fraction of sp³-hybridized carbons (Fsp3) is 0.182. The van der Waals surface area contributed by atoms with Crippen molar-refractivity contribution < 1.29 is 14.4 Å². The van der Waals surface area contributed by atoms with Gasteiger partial charge in [0.05, 0.1) is 24.4 Å². The quantitative estimate of drug-likeness (QED) is 0.276. The van der Waals surface area contributed by atoms with Crippen molar-refractivity contribution in [3.05, 3.63) is 136 Å². The topological polar surface area (TPSA) is 57.7 Å². The standard InChI is InChI=1S/C33H27ClN2O3/c34-28-17-9-7-15-25(28)22-36-30(37)19-27(31(36)38)33(20-23-11-3-1-4-12-23)26-16-8-10-18-29(26)35(32(33)39)21-24-13-5-2-6-14-24/h1-18,27H,19-22H2/t27-,33+/m0/s1. The smallest absolute Gasteiger partial charge is 0.239 e. The minimum absolute atomic E-state index is 0.0324. The lowest BCUT2D eigenvalue weighted by molar-refractivity contribution is -0.142. The largest absolute Gasteiger partial charge is 0.307 e. The second kappa shape index (κ2) is 10.2. The summed E-state index contributed by atoms with van der Waals surface area (Å²) >= 11 is 6.37. The molecule has 2 heterocycles. The lowest BCUT2D eigenvalue weighted by atomic mass is 9.66. The first kappa shape index (κ1) is 25.1. The first-order valence-corrected chi connectivity index (χ1v) is 13.4. The number of nitrogens with zero attached hydrogens (tertiary/aromatic N) is 2. The third-order valence-electron chi connectivity index (χ3n) is 7.94. The number of carbonyl (C=O) groups is 3. The molecule has 0 N–H and O–H groups in total. The fourth-order valence-electron chi connectivity index (χ4n) is 6.05. The minimum atomic E-state index is -1.21. The van der Waals surface area contributed by atoms with Crippen LogP contribution in [0.15, 0.2) is 109 Å². The van der Waals surface area contributed by atoms with Crippen molar-refractivity contribution in [3.63, 3.8) is 0 Å². The fourth-order valence-corrected chi connectivity index (χ4v) is 6.25. The van der Waals surface area contributed by atoms with Crippen LogP contribution in [0.25, 0.3) is 0 Å². The molecule has 0 unspecified atom stereocenters. The van der Waals surface area contributed by atoms with E-state index in [9.17, 15) is 14.4 Å². The normalized spacial score (nSPS) is 20.5. The molecule has 0 bridgehead atoms. The maximum atomic E-state index is 14.7. The molecule has 3 amide bonds. The van der Waals surface area contributed by atoms with Crippen molar-refractivity contribution in [1.29, 1.82) is 0 Å². The summed E-state index contributed by atoms with van der Waals surface area (Å²) in [4.78, 5) is 45.2. The molecule has 4 aromatic rings. The molecule has 5 nitrogen and oxygen atoms in total. The average molecular weight is 535 g/mol. The molecule has 6 rings (SSSR count). The number of rotatable bonds is 7. The molecule has 6 heteroatoms. The number of halogens is 1. The first-order chi connectivity index (χ1) is 19.0. The molecule has 0 saturated carbocycles. The molecule has 1 saturated heterocycles. The monoisotopic (exact) mass is 534 g/mol. The van der Waals surface area contributed by atoms with Crippen molar-refractivity contribution in [2.45, 2.75) is 31.3 Å². The maximum absolute atomic E-state index is 14.7. The second-order valence-corrected chi connectivity index (χ2v) is 10.6. The van der Waals surface area contributed by atoms with Gasteiger partial charge in [-0.3, -0.25) is 19.3 Å². The molecule has 2 aliphatic heterocycles. The number of fused-ring (bicyclic) bond motifs is 1. The number of amides is 3. The van der Waals surface area contributed by atoms with Crippen LogP contribution < -0.4 is 4.90 Å². The summed E-state index contributed by atoms with van der Waals surface area (Å²) in [6, 6.07) is 34.4. The maximum Gasteiger partial charge on any atom is 0.239 e. The van der Waals surface area contributed by atoms with Crippen molar-refractivity contribution in [2.75, 3.05) is 4.90 Å². The van der Waals surface area contributed by atoms with E-state index >= 15 is 0 Å². The highest BCUT2D eigenvalue weighted by Crippen LogP contribution is 2.52. The van der Waals surface area contributed by atoms with E-state index in [0.29, 0.717) is 23.6 Å². The number of imide groups is 1. The molecule has 39 heavy (non-hydrogen) atoms. The third kappa shape index (κ3) is 4.33. The molecule has 2 aliphatic rings. The number of para-hydroxylation sites is 1. The summed E-state index contributed by atoms with van der Waals surface area (Å²) in [6.45, 7) is 0.463. The Kier molecular flexibility index (Phi) is 6.53. The van der Waals surface area contributed by atoms with Gasteiger partial charge >= 0.3 is 0 Å². The van der Waals surface area contributed by atoms with Crippen LogP contribution in [0.1, 0.15) is 28.7 Å². The molecule has 1 fully saturated rings. The molecule has 4 aromatic carbocycles. The number of likely N-dealkylation sites (tertiary alicyclic amines) is 1. The molecular formula is C33H27ClN2O3. The van der Waals surface area contributed by atoms with Gasteiger partial charge in [0.2, 0.25) is 17.7 Å². The summed E-state index contributed by atoms with van der Waals surface area (Å²) in [5.74, 6) is -1.60. The van der Waals surface area contributed by atoms with E-state index in [1.807, 2.05) is 103 Å². The molecule has 0 spiro atoms.